The molecule has 2 unspecified atom stereocenters. The van der Waals surface area contributed by atoms with Crippen LogP contribution in [0.1, 0.15) is 57.6 Å². The van der Waals surface area contributed by atoms with E-state index in [0.717, 1.165) is 24.8 Å². The molecule has 0 heterocycles. The Bertz CT molecular complexity index is 364. The smallest absolute Gasteiger partial charge is 0.220 e. The molecule has 1 rings (SSSR count). The van der Waals surface area contributed by atoms with Crippen molar-refractivity contribution >= 4 is 5.91 Å². The fourth-order valence-corrected chi connectivity index (χ4v) is 2.09. The zero-order valence-corrected chi connectivity index (χ0v) is 11.9. The summed E-state index contributed by atoms with van der Waals surface area (Å²) in [5.74, 6) is 0.0845. The fraction of sp³-hybridized carbons (Fsp3) is 0.562. The highest BCUT2D eigenvalue weighted by atomic mass is 16.3. The number of aliphatic hydroxyl groups excluding tert-OH is 1. The molecule has 0 saturated heterocycles. The predicted octanol–water partition coefficient (Wildman–Crippen LogP) is 3.20. The van der Waals surface area contributed by atoms with Crippen molar-refractivity contribution in [1.82, 2.24) is 5.32 Å². The van der Waals surface area contributed by atoms with Crippen molar-refractivity contribution in [3.05, 3.63) is 35.9 Å². The van der Waals surface area contributed by atoms with Crippen LogP contribution >= 0.6 is 0 Å². The SMILES string of the molecule is CCCCCC(=O)NC(C)CC(O)c1ccccc1. The molecule has 106 valence electrons. The quantitative estimate of drug-likeness (QED) is 0.708. The molecular weight excluding hydrogens is 238 g/mol. The number of benzene rings is 1. The average Bonchev–Trinajstić information content (AvgIpc) is 2.39. The van der Waals surface area contributed by atoms with E-state index in [0.29, 0.717) is 12.8 Å². The highest BCUT2D eigenvalue weighted by Gasteiger charge is 2.13. The summed E-state index contributed by atoms with van der Waals surface area (Å²) >= 11 is 0. The minimum Gasteiger partial charge on any atom is -0.388 e. The maximum Gasteiger partial charge on any atom is 0.220 e. The van der Waals surface area contributed by atoms with Gasteiger partial charge in [-0.3, -0.25) is 4.79 Å². The summed E-state index contributed by atoms with van der Waals surface area (Å²) in [6.07, 6.45) is 3.76. The summed E-state index contributed by atoms with van der Waals surface area (Å²) in [7, 11) is 0. The van der Waals surface area contributed by atoms with E-state index in [1.807, 2.05) is 37.3 Å². The Hall–Kier alpha value is -1.35. The van der Waals surface area contributed by atoms with Crippen LogP contribution in [0.15, 0.2) is 30.3 Å². The molecule has 1 aromatic carbocycles. The molecule has 0 aliphatic carbocycles. The Morgan fingerprint density at radius 1 is 1.26 bits per heavy atom. The monoisotopic (exact) mass is 263 g/mol. The normalized spacial score (nSPS) is 13.8. The van der Waals surface area contributed by atoms with Gasteiger partial charge in [0.1, 0.15) is 0 Å². The third-order valence-corrected chi connectivity index (χ3v) is 3.18. The highest BCUT2D eigenvalue weighted by Crippen LogP contribution is 2.17. The van der Waals surface area contributed by atoms with Gasteiger partial charge in [0.05, 0.1) is 6.10 Å². The second-order valence-electron chi connectivity index (χ2n) is 5.09. The molecule has 2 atom stereocenters. The first-order valence-electron chi connectivity index (χ1n) is 7.15. The highest BCUT2D eigenvalue weighted by molar-refractivity contribution is 5.76. The largest absolute Gasteiger partial charge is 0.388 e. The van der Waals surface area contributed by atoms with Crippen LogP contribution in [0.3, 0.4) is 0 Å². The van der Waals surface area contributed by atoms with E-state index in [9.17, 15) is 9.90 Å². The molecule has 0 saturated carbocycles. The first-order chi connectivity index (χ1) is 9.13. The third kappa shape index (κ3) is 6.39. The zero-order valence-electron chi connectivity index (χ0n) is 11.9. The number of hydrogen-bond donors (Lipinski definition) is 2. The fourth-order valence-electron chi connectivity index (χ4n) is 2.09. The molecular formula is C16H25NO2. The van der Waals surface area contributed by atoms with E-state index >= 15 is 0 Å². The summed E-state index contributed by atoms with van der Waals surface area (Å²) in [5.41, 5.74) is 0.898. The van der Waals surface area contributed by atoms with Gasteiger partial charge in [0.25, 0.3) is 0 Å². The second-order valence-corrected chi connectivity index (χ2v) is 5.09. The van der Waals surface area contributed by atoms with Gasteiger partial charge in [-0.2, -0.15) is 0 Å². The van der Waals surface area contributed by atoms with E-state index < -0.39 is 6.10 Å². The molecule has 1 amide bonds. The first kappa shape index (κ1) is 15.7. The number of aliphatic hydroxyl groups is 1. The molecule has 19 heavy (non-hydrogen) atoms. The maximum absolute atomic E-state index is 11.7. The Labute approximate surface area is 116 Å². The standard InChI is InChI=1S/C16H25NO2/c1-3-4-6-11-16(19)17-13(2)12-15(18)14-9-7-5-8-10-14/h5,7-10,13,15,18H,3-4,6,11-12H2,1-2H3,(H,17,19). The van der Waals surface area contributed by atoms with Crippen LogP contribution in [0.2, 0.25) is 0 Å². The number of rotatable bonds is 8. The molecule has 3 heteroatoms. The predicted molar refractivity (Wildman–Crippen MR) is 77.8 cm³/mol. The van der Waals surface area contributed by atoms with Crippen LogP contribution in [0, 0.1) is 0 Å². The van der Waals surface area contributed by atoms with Crippen molar-refractivity contribution in [3.63, 3.8) is 0 Å². The Kier molecular flexibility index (Phi) is 7.19. The molecule has 0 aliphatic heterocycles. The Morgan fingerprint density at radius 3 is 2.58 bits per heavy atom. The number of carbonyl (C=O) groups is 1. The molecule has 0 spiro atoms. The van der Waals surface area contributed by atoms with Crippen LogP contribution in [0.4, 0.5) is 0 Å². The van der Waals surface area contributed by atoms with Crippen molar-refractivity contribution in [3.8, 4) is 0 Å². The number of nitrogens with one attached hydrogen (secondary N) is 1. The lowest BCUT2D eigenvalue weighted by molar-refractivity contribution is -0.122. The molecule has 0 aromatic heterocycles. The van der Waals surface area contributed by atoms with Gasteiger partial charge in [0, 0.05) is 12.5 Å². The minimum atomic E-state index is -0.521. The lowest BCUT2D eigenvalue weighted by Crippen LogP contribution is -2.33. The topological polar surface area (TPSA) is 49.3 Å². The van der Waals surface area contributed by atoms with Crippen molar-refractivity contribution in [2.45, 2.75) is 58.1 Å². The van der Waals surface area contributed by atoms with Crippen molar-refractivity contribution in [2.75, 3.05) is 0 Å². The van der Waals surface area contributed by atoms with Gasteiger partial charge in [0.15, 0.2) is 0 Å². The zero-order chi connectivity index (χ0) is 14.1. The van der Waals surface area contributed by atoms with Crippen molar-refractivity contribution in [2.24, 2.45) is 0 Å². The Balaban J connectivity index is 2.30. The molecule has 0 fully saturated rings. The lowest BCUT2D eigenvalue weighted by atomic mass is 10.0. The molecule has 2 N–H and O–H groups in total. The Morgan fingerprint density at radius 2 is 1.95 bits per heavy atom. The van der Waals surface area contributed by atoms with Gasteiger partial charge in [-0.15, -0.1) is 0 Å². The first-order valence-corrected chi connectivity index (χ1v) is 7.15. The van der Waals surface area contributed by atoms with Crippen molar-refractivity contribution in [1.29, 1.82) is 0 Å². The summed E-state index contributed by atoms with van der Waals surface area (Å²) in [4.78, 5) is 11.7. The van der Waals surface area contributed by atoms with E-state index in [4.69, 9.17) is 0 Å². The maximum atomic E-state index is 11.7. The number of carbonyl (C=O) groups excluding carboxylic acids is 1. The average molecular weight is 263 g/mol. The van der Waals surface area contributed by atoms with Gasteiger partial charge in [-0.05, 0) is 25.3 Å². The molecule has 0 bridgehead atoms. The molecule has 3 nitrogen and oxygen atoms in total. The van der Waals surface area contributed by atoms with Crippen molar-refractivity contribution < 1.29 is 9.90 Å². The third-order valence-electron chi connectivity index (χ3n) is 3.18. The van der Waals surface area contributed by atoms with Gasteiger partial charge < -0.3 is 10.4 Å². The summed E-state index contributed by atoms with van der Waals surface area (Å²) in [6.45, 7) is 4.06. The number of amides is 1. The van der Waals surface area contributed by atoms with E-state index in [1.165, 1.54) is 0 Å². The number of hydrogen-bond acceptors (Lipinski definition) is 2. The van der Waals surface area contributed by atoms with Crippen LogP contribution in [-0.4, -0.2) is 17.1 Å². The summed E-state index contributed by atoms with van der Waals surface area (Å²) in [6, 6.07) is 9.54. The van der Waals surface area contributed by atoms with Gasteiger partial charge in [-0.1, -0.05) is 50.1 Å². The summed E-state index contributed by atoms with van der Waals surface area (Å²) < 4.78 is 0. The van der Waals surface area contributed by atoms with E-state index in [2.05, 4.69) is 12.2 Å². The van der Waals surface area contributed by atoms with Crippen LogP contribution in [0.5, 0.6) is 0 Å². The molecule has 0 radical (unpaired) electrons. The van der Waals surface area contributed by atoms with Crippen LogP contribution < -0.4 is 5.32 Å². The minimum absolute atomic E-state index is 0.00988. The van der Waals surface area contributed by atoms with Crippen LogP contribution in [-0.2, 0) is 4.79 Å². The molecule has 0 aliphatic rings. The number of unbranched alkanes of at least 4 members (excludes halogenated alkanes) is 2. The second kappa shape index (κ2) is 8.70. The van der Waals surface area contributed by atoms with E-state index in [1.54, 1.807) is 0 Å². The summed E-state index contributed by atoms with van der Waals surface area (Å²) in [5, 5.41) is 13.0. The van der Waals surface area contributed by atoms with Gasteiger partial charge >= 0.3 is 0 Å². The van der Waals surface area contributed by atoms with Gasteiger partial charge in [0.2, 0.25) is 5.91 Å². The lowest BCUT2D eigenvalue weighted by Gasteiger charge is -2.18. The van der Waals surface area contributed by atoms with Crippen LogP contribution in [0.25, 0.3) is 0 Å². The van der Waals surface area contributed by atoms with E-state index in [-0.39, 0.29) is 11.9 Å². The molecule has 1 aromatic rings. The van der Waals surface area contributed by atoms with Gasteiger partial charge in [-0.25, -0.2) is 0 Å².